The molecule has 2 amide bonds. The Morgan fingerprint density at radius 3 is 2.22 bits per heavy atom. The number of aryl methyl sites for hydroxylation is 1. The van der Waals surface area contributed by atoms with E-state index >= 15 is 0 Å². The summed E-state index contributed by atoms with van der Waals surface area (Å²) in [5, 5.41) is 2.23. The standard InChI is InChI=1S/C30H24FNO5/c31-24-14-12-23(13-15-24)27(33)18-9-21-7-16-25(17-8-21)37-29(35)4-2-1-3-20-5-10-22(11-6-20)26-19-28(34)32-30(26)36/h5-19H,1-4H2,(H,32,34,36). The Balaban J connectivity index is 1.18. The smallest absolute Gasteiger partial charge is 0.311 e. The van der Waals surface area contributed by atoms with Crippen molar-refractivity contribution in [1.82, 2.24) is 5.32 Å². The minimum atomic E-state index is -0.404. The van der Waals surface area contributed by atoms with Gasteiger partial charge in [0.25, 0.3) is 11.8 Å². The Kier molecular flexibility index (Phi) is 8.15. The number of halogens is 1. The monoisotopic (exact) mass is 497 g/mol. The molecular formula is C30H24FNO5. The lowest BCUT2D eigenvalue weighted by atomic mass is 10.0. The third-order valence-electron chi connectivity index (χ3n) is 5.79. The Labute approximate surface area is 213 Å². The van der Waals surface area contributed by atoms with E-state index in [2.05, 4.69) is 5.32 Å². The molecule has 0 bridgehead atoms. The molecule has 0 aromatic heterocycles. The molecule has 1 heterocycles. The molecule has 0 fully saturated rings. The number of ether oxygens (including phenoxy) is 1. The van der Waals surface area contributed by atoms with E-state index < -0.39 is 11.7 Å². The molecule has 0 unspecified atom stereocenters. The molecule has 0 spiro atoms. The van der Waals surface area contributed by atoms with E-state index in [9.17, 15) is 23.6 Å². The van der Waals surface area contributed by atoms with Crippen LogP contribution in [0.5, 0.6) is 5.75 Å². The Morgan fingerprint density at radius 1 is 0.865 bits per heavy atom. The number of esters is 1. The maximum absolute atomic E-state index is 13.0. The molecule has 0 saturated carbocycles. The van der Waals surface area contributed by atoms with E-state index in [4.69, 9.17) is 4.74 Å². The lowest BCUT2D eigenvalue weighted by Gasteiger charge is -2.06. The second kappa shape index (κ2) is 11.9. The summed E-state index contributed by atoms with van der Waals surface area (Å²) in [7, 11) is 0. The lowest BCUT2D eigenvalue weighted by Crippen LogP contribution is -2.21. The molecule has 1 aliphatic heterocycles. The predicted octanol–water partition coefficient (Wildman–Crippen LogP) is 5.08. The molecule has 0 saturated heterocycles. The van der Waals surface area contributed by atoms with Gasteiger partial charge in [-0.3, -0.25) is 24.5 Å². The van der Waals surface area contributed by atoms with Crippen LogP contribution >= 0.6 is 0 Å². The van der Waals surface area contributed by atoms with Gasteiger partial charge in [-0.2, -0.15) is 0 Å². The van der Waals surface area contributed by atoms with Gasteiger partial charge in [0.2, 0.25) is 0 Å². The van der Waals surface area contributed by atoms with Gasteiger partial charge in [-0.1, -0.05) is 42.5 Å². The van der Waals surface area contributed by atoms with E-state index in [1.807, 2.05) is 24.3 Å². The number of benzene rings is 3. The number of ketones is 1. The van der Waals surface area contributed by atoms with Gasteiger partial charge in [0.1, 0.15) is 11.6 Å². The van der Waals surface area contributed by atoms with Gasteiger partial charge in [-0.05, 0) is 78.4 Å². The average molecular weight is 498 g/mol. The first kappa shape index (κ1) is 25.4. The molecule has 186 valence electrons. The highest BCUT2D eigenvalue weighted by Gasteiger charge is 2.21. The zero-order valence-corrected chi connectivity index (χ0v) is 19.9. The van der Waals surface area contributed by atoms with Crippen molar-refractivity contribution in [1.29, 1.82) is 0 Å². The lowest BCUT2D eigenvalue weighted by molar-refractivity contribution is -0.134. The average Bonchev–Trinajstić information content (AvgIpc) is 3.24. The zero-order chi connectivity index (χ0) is 26.2. The van der Waals surface area contributed by atoms with Crippen molar-refractivity contribution >= 4 is 35.2 Å². The second-order valence-corrected chi connectivity index (χ2v) is 8.53. The number of hydrogen-bond acceptors (Lipinski definition) is 5. The summed E-state index contributed by atoms with van der Waals surface area (Å²) in [6.45, 7) is 0. The molecule has 0 radical (unpaired) electrons. The van der Waals surface area contributed by atoms with Gasteiger partial charge in [0.15, 0.2) is 5.78 Å². The summed E-state index contributed by atoms with van der Waals surface area (Å²) < 4.78 is 18.4. The molecule has 7 heteroatoms. The number of unbranched alkanes of at least 4 members (excludes halogenated alkanes) is 1. The van der Waals surface area contributed by atoms with Gasteiger partial charge in [-0.15, -0.1) is 0 Å². The third-order valence-corrected chi connectivity index (χ3v) is 5.79. The van der Waals surface area contributed by atoms with Crippen LogP contribution in [0.3, 0.4) is 0 Å². The summed E-state index contributed by atoms with van der Waals surface area (Å²) in [6.07, 6.45) is 6.85. The fourth-order valence-corrected chi connectivity index (χ4v) is 3.79. The van der Waals surface area contributed by atoms with E-state index in [1.165, 1.54) is 36.4 Å². The van der Waals surface area contributed by atoms with Crippen molar-refractivity contribution in [3.8, 4) is 5.75 Å². The number of carbonyl (C=O) groups is 4. The first-order valence-corrected chi connectivity index (χ1v) is 11.8. The van der Waals surface area contributed by atoms with Gasteiger partial charge in [0.05, 0.1) is 5.57 Å². The molecule has 3 aromatic carbocycles. The van der Waals surface area contributed by atoms with Crippen molar-refractivity contribution in [3.63, 3.8) is 0 Å². The minimum Gasteiger partial charge on any atom is -0.427 e. The van der Waals surface area contributed by atoms with E-state index in [0.29, 0.717) is 28.9 Å². The van der Waals surface area contributed by atoms with Crippen molar-refractivity contribution < 1.29 is 28.3 Å². The number of nitrogens with one attached hydrogen (secondary N) is 1. The fourth-order valence-electron chi connectivity index (χ4n) is 3.79. The van der Waals surface area contributed by atoms with E-state index in [1.54, 1.807) is 30.3 Å². The maximum atomic E-state index is 13.0. The molecule has 1 N–H and O–H groups in total. The first-order chi connectivity index (χ1) is 17.9. The molecule has 0 atom stereocenters. The molecule has 37 heavy (non-hydrogen) atoms. The normalized spacial score (nSPS) is 12.9. The summed E-state index contributed by atoms with van der Waals surface area (Å²) >= 11 is 0. The number of carbonyl (C=O) groups excluding carboxylic acids is 4. The fraction of sp³-hybridized carbons (Fsp3) is 0.133. The van der Waals surface area contributed by atoms with Crippen molar-refractivity contribution in [3.05, 3.63) is 113 Å². The summed E-state index contributed by atoms with van der Waals surface area (Å²) in [4.78, 5) is 47.3. The number of allylic oxidation sites excluding steroid dienone is 1. The van der Waals surface area contributed by atoms with Gasteiger partial charge in [-0.25, -0.2) is 4.39 Å². The van der Waals surface area contributed by atoms with Gasteiger partial charge < -0.3 is 4.74 Å². The second-order valence-electron chi connectivity index (χ2n) is 8.53. The van der Waals surface area contributed by atoms with Crippen LogP contribution in [0.25, 0.3) is 11.6 Å². The van der Waals surface area contributed by atoms with Crippen LogP contribution in [-0.4, -0.2) is 23.6 Å². The van der Waals surface area contributed by atoms with Crippen LogP contribution in [0.4, 0.5) is 4.39 Å². The van der Waals surface area contributed by atoms with Crippen LogP contribution in [-0.2, 0) is 20.8 Å². The minimum absolute atomic E-state index is 0.235. The highest BCUT2D eigenvalue weighted by Crippen LogP contribution is 2.20. The van der Waals surface area contributed by atoms with Crippen molar-refractivity contribution in [2.75, 3.05) is 0 Å². The van der Waals surface area contributed by atoms with Crippen LogP contribution in [0, 0.1) is 5.82 Å². The summed E-state index contributed by atoms with van der Waals surface area (Å²) in [5.41, 5.74) is 3.29. The van der Waals surface area contributed by atoms with Crippen LogP contribution in [0.2, 0.25) is 0 Å². The molecule has 1 aliphatic rings. The predicted molar refractivity (Wildman–Crippen MR) is 137 cm³/mol. The molecular weight excluding hydrogens is 473 g/mol. The summed E-state index contributed by atoms with van der Waals surface area (Å²) in [6, 6.07) is 19.6. The van der Waals surface area contributed by atoms with E-state index in [0.717, 1.165) is 24.0 Å². The zero-order valence-electron chi connectivity index (χ0n) is 19.9. The Morgan fingerprint density at radius 2 is 1.57 bits per heavy atom. The van der Waals surface area contributed by atoms with Gasteiger partial charge in [0, 0.05) is 18.1 Å². The molecule has 0 aliphatic carbocycles. The van der Waals surface area contributed by atoms with Crippen LogP contribution in [0.1, 0.15) is 46.3 Å². The van der Waals surface area contributed by atoms with Crippen LogP contribution < -0.4 is 10.1 Å². The SMILES string of the molecule is O=C1C=C(c2ccc(CCCCC(=O)Oc3ccc(C=CC(=O)c4ccc(F)cc4)cc3)cc2)C(=O)N1. The Hall–Kier alpha value is -4.65. The number of rotatable bonds is 10. The maximum Gasteiger partial charge on any atom is 0.311 e. The molecule has 4 rings (SSSR count). The number of imide groups is 1. The third kappa shape index (κ3) is 7.18. The van der Waals surface area contributed by atoms with Gasteiger partial charge >= 0.3 is 5.97 Å². The number of hydrogen-bond donors (Lipinski definition) is 1. The first-order valence-electron chi connectivity index (χ1n) is 11.8. The molecule has 6 nitrogen and oxygen atoms in total. The Bertz CT molecular complexity index is 1370. The van der Waals surface area contributed by atoms with Crippen molar-refractivity contribution in [2.24, 2.45) is 0 Å². The summed E-state index contributed by atoms with van der Waals surface area (Å²) in [5.74, 6) is -1.33. The highest BCUT2D eigenvalue weighted by atomic mass is 19.1. The quantitative estimate of drug-likeness (QED) is 0.105. The molecule has 3 aromatic rings. The topological polar surface area (TPSA) is 89.5 Å². The number of amides is 2. The van der Waals surface area contributed by atoms with E-state index in [-0.39, 0.29) is 24.1 Å². The van der Waals surface area contributed by atoms with Crippen molar-refractivity contribution in [2.45, 2.75) is 25.7 Å². The van der Waals surface area contributed by atoms with Crippen LogP contribution in [0.15, 0.2) is 84.9 Å². The highest BCUT2D eigenvalue weighted by molar-refractivity contribution is 6.33. The largest absolute Gasteiger partial charge is 0.427 e.